The number of benzene rings is 2. The van der Waals surface area contributed by atoms with Crippen molar-refractivity contribution >= 4 is 17.0 Å². The lowest BCUT2D eigenvalue weighted by Crippen LogP contribution is -2.36. The largest absolute Gasteiger partial charge is 0.369 e. The molecular formula is C25H37N7. The average molecular weight is 436 g/mol. The highest BCUT2D eigenvalue weighted by Gasteiger charge is 2.09. The molecule has 2 heterocycles. The second kappa shape index (κ2) is 12.0. The van der Waals surface area contributed by atoms with E-state index in [1.165, 1.54) is 24.0 Å². The van der Waals surface area contributed by atoms with Gasteiger partial charge < -0.3 is 26.3 Å². The van der Waals surface area contributed by atoms with Crippen LogP contribution in [-0.2, 0) is 13.1 Å². The lowest BCUT2D eigenvalue weighted by Gasteiger charge is -2.23. The Hall–Kier alpha value is -2.45. The fourth-order valence-electron chi connectivity index (χ4n) is 4.28. The van der Waals surface area contributed by atoms with Crippen LogP contribution in [0.4, 0.5) is 5.95 Å². The second-order valence-corrected chi connectivity index (χ2v) is 8.59. The van der Waals surface area contributed by atoms with Crippen molar-refractivity contribution in [2.45, 2.75) is 25.9 Å². The number of aromatic nitrogens is 2. The van der Waals surface area contributed by atoms with Crippen LogP contribution in [0.2, 0.25) is 0 Å². The standard InChI is InChI=1S/C25H37N7/c26-25-30-23-5-1-2-6-24(23)32(25)20-22-9-7-21(8-10-22)19-31-17-4-13-28-15-14-27-11-3-12-29-16-18-31/h1-2,5-10,27-29H,3-4,11-20H2,(H2,26,30). The highest BCUT2D eigenvalue weighted by atomic mass is 15.2. The third-order valence-corrected chi connectivity index (χ3v) is 6.07. The van der Waals surface area contributed by atoms with Crippen molar-refractivity contribution in [1.29, 1.82) is 0 Å². The van der Waals surface area contributed by atoms with Crippen LogP contribution in [-0.4, -0.2) is 66.8 Å². The van der Waals surface area contributed by atoms with Gasteiger partial charge in [-0.2, -0.15) is 0 Å². The van der Waals surface area contributed by atoms with E-state index in [9.17, 15) is 0 Å². The SMILES string of the molecule is Nc1nc2ccccc2n1Cc1ccc(CN2CCCNCCNCCCNCC2)cc1. The Morgan fingerprint density at radius 1 is 0.719 bits per heavy atom. The molecule has 3 aromatic rings. The topological polar surface area (TPSA) is 83.2 Å². The molecule has 1 aliphatic heterocycles. The number of nitrogens with one attached hydrogen (secondary N) is 3. The zero-order valence-electron chi connectivity index (χ0n) is 19.0. The quantitative estimate of drug-likeness (QED) is 0.502. The Morgan fingerprint density at radius 2 is 1.38 bits per heavy atom. The summed E-state index contributed by atoms with van der Waals surface area (Å²) in [4.78, 5) is 7.04. The molecule has 0 amide bonds. The number of imidazole rings is 1. The lowest BCUT2D eigenvalue weighted by atomic mass is 10.1. The molecule has 1 aromatic heterocycles. The van der Waals surface area contributed by atoms with E-state index < -0.39 is 0 Å². The molecule has 1 aliphatic rings. The lowest BCUT2D eigenvalue weighted by molar-refractivity contribution is 0.260. The van der Waals surface area contributed by atoms with Gasteiger partial charge in [-0.15, -0.1) is 0 Å². The Bertz CT molecular complexity index is 937. The Labute approximate surface area is 191 Å². The number of para-hydroxylation sites is 2. The molecule has 5 N–H and O–H groups in total. The van der Waals surface area contributed by atoms with Crippen LogP contribution in [0.15, 0.2) is 48.5 Å². The van der Waals surface area contributed by atoms with E-state index in [-0.39, 0.29) is 0 Å². The Kier molecular flexibility index (Phi) is 8.50. The fourth-order valence-corrected chi connectivity index (χ4v) is 4.28. The third-order valence-electron chi connectivity index (χ3n) is 6.07. The van der Waals surface area contributed by atoms with Gasteiger partial charge in [0.15, 0.2) is 0 Å². The van der Waals surface area contributed by atoms with E-state index in [0.717, 1.165) is 76.5 Å². The number of anilines is 1. The maximum atomic E-state index is 6.18. The first kappa shape index (κ1) is 22.7. The van der Waals surface area contributed by atoms with E-state index in [1.807, 2.05) is 18.2 Å². The first-order chi connectivity index (χ1) is 15.8. The van der Waals surface area contributed by atoms with Crippen molar-refractivity contribution in [2.75, 3.05) is 58.1 Å². The monoisotopic (exact) mass is 435 g/mol. The predicted octanol–water partition coefficient (Wildman–Crippen LogP) is 2.03. The van der Waals surface area contributed by atoms with Gasteiger partial charge in [0.2, 0.25) is 5.95 Å². The maximum absolute atomic E-state index is 6.18. The number of nitrogen functional groups attached to an aromatic ring is 1. The van der Waals surface area contributed by atoms with Crippen LogP contribution in [0, 0.1) is 0 Å². The van der Waals surface area contributed by atoms with Gasteiger partial charge in [0.1, 0.15) is 0 Å². The van der Waals surface area contributed by atoms with Gasteiger partial charge in [-0.3, -0.25) is 4.90 Å². The maximum Gasteiger partial charge on any atom is 0.201 e. The summed E-state index contributed by atoms with van der Waals surface area (Å²) in [6, 6.07) is 17.1. The van der Waals surface area contributed by atoms with Gasteiger partial charge in [0, 0.05) is 32.7 Å². The molecule has 0 atom stereocenters. The second-order valence-electron chi connectivity index (χ2n) is 8.59. The molecule has 1 fully saturated rings. The summed E-state index contributed by atoms with van der Waals surface area (Å²) >= 11 is 0. The molecule has 7 heteroatoms. The number of hydrogen-bond donors (Lipinski definition) is 4. The molecule has 0 spiro atoms. The van der Waals surface area contributed by atoms with Crippen molar-refractivity contribution in [3.8, 4) is 0 Å². The van der Waals surface area contributed by atoms with Crippen LogP contribution >= 0.6 is 0 Å². The average Bonchev–Trinajstić information content (AvgIpc) is 3.12. The van der Waals surface area contributed by atoms with Gasteiger partial charge in [-0.25, -0.2) is 4.98 Å². The number of hydrogen-bond acceptors (Lipinski definition) is 6. The van der Waals surface area contributed by atoms with Crippen LogP contribution < -0.4 is 21.7 Å². The zero-order valence-corrected chi connectivity index (χ0v) is 19.0. The van der Waals surface area contributed by atoms with Crippen molar-refractivity contribution in [3.05, 3.63) is 59.7 Å². The smallest absolute Gasteiger partial charge is 0.201 e. The molecule has 2 aromatic carbocycles. The van der Waals surface area contributed by atoms with Crippen LogP contribution in [0.3, 0.4) is 0 Å². The molecule has 7 nitrogen and oxygen atoms in total. The Morgan fingerprint density at radius 3 is 2.16 bits per heavy atom. The summed E-state index contributed by atoms with van der Waals surface area (Å²) in [5.41, 5.74) is 10.8. The minimum absolute atomic E-state index is 0.568. The van der Waals surface area contributed by atoms with Crippen LogP contribution in [0.5, 0.6) is 0 Å². The highest BCUT2D eigenvalue weighted by Crippen LogP contribution is 2.19. The van der Waals surface area contributed by atoms with Crippen molar-refractivity contribution in [2.24, 2.45) is 0 Å². The van der Waals surface area contributed by atoms with E-state index in [1.54, 1.807) is 0 Å². The molecule has 0 radical (unpaired) electrons. The van der Waals surface area contributed by atoms with Crippen molar-refractivity contribution < 1.29 is 0 Å². The molecule has 4 rings (SSSR count). The number of nitrogens with zero attached hydrogens (tertiary/aromatic N) is 3. The first-order valence-electron chi connectivity index (χ1n) is 11.9. The van der Waals surface area contributed by atoms with E-state index >= 15 is 0 Å². The molecule has 0 aliphatic carbocycles. The number of rotatable bonds is 4. The van der Waals surface area contributed by atoms with E-state index in [2.05, 4.69) is 60.7 Å². The van der Waals surface area contributed by atoms with Crippen molar-refractivity contribution in [3.63, 3.8) is 0 Å². The van der Waals surface area contributed by atoms with Crippen molar-refractivity contribution in [1.82, 2.24) is 30.4 Å². The molecular weight excluding hydrogens is 398 g/mol. The Balaban J connectivity index is 1.35. The third kappa shape index (κ3) is 6.53. The zero-order chi connectivity index (χ0) is 22.0. The highest BCUT2D eigenvalue weighted by molar-refractivity contribution is 5.78. The summed E-state index contributed by atoms with van der Waals surface area (Å²) in [5, 5.41) is 10.6. The summed E-state index contributed by atoms with van der Waals surface area (Å²) in [6.07, 6.45) is 2.35. The van der Waals surface area contributed by atoms with Crippen LogP contribution in [0.1, 0.15) is 24.0 Å². The normalized spacial score (nSPS) is 17.9. The molecule has 172 valence electrons. The molecule has 0 bridgehead atoms. The first-order valence-corrected chi connectivity index (χ1v) is 11.9. The van der Waals surface area contributed by atoms with Crippen LogP contribution in [0.25, 0.3) is 11.0 Å². The van der Waals surface area contributed by atoms with Gasteiger partial charge >= 0.3 is 0 Å². The fraction of sp³-hybridized carbons (Fsp3) is 0.480. The molecule has 1 saturated heterocycles. The summed E-state index contributed by atoms with van der Waals surface area (Å²) < 4.78 is 2.08. The summed E-state index contributed by atoms with van der Waals surface area (Å²) in [7, 11) is 0. The van der Waals surface area contributed by atoms with E-state index in [0.29, 0.717) is 5.95 Å². The predicted molar refractivity (Wildman–Crippen MR) is 133 cm³/mol. The molecule has 0 saturated carbocycles. The number of fused-ring (bicyclic) bond motifs is 1. The minimum atomic E-state index is 0.568. The van der Waals surface area contributed by atoms with Gasteiger partial charge in [0.25, 0.3) is 0 Å². The van der Waals surface area contributed by atoms with Gasteiger partial charge in [-0.05, 0) is 62.3 Å². The van der Waals surface area contributed by atoms with Gasteiger partial charge in [0.05, 0.1) is 17.6 Å². The molecule has 0 unspecified atom stereocenters. The summed E-state index contributed by atoms with van der Waals surface area (Å²) in [5.74, 6) is 0.568. The number of nitrogens with two attached hydrogens (primary N) is 1. The minimum Gasteiger partial charge on any atom is -0.369 e. The molecule has 32 heavy (non-hydrogen) atoms. The van der Waals surface area contributed by atoms with E-state index in [4.69, 9.17) is 5.73 Å². The van der Waals surface area contributed by atoms with Gasteiger partial charge in [-0.1, -0.05) is 36.4 Å². The summed E-state index contributed by atoms with van der Waals surface area (Å²) in [6.45, 7) is 10.3.